The SMILES string of the molecule is CNC(=S)NCCS(=O)(=O)N1CCN(c2ccccn2)CC1. The average Bonchev–Trinajstić information content (AvgIpc) is 2.55. The lowest BCUT2D eigenvalue weighted by Crippen LogP contribution is -2.50. The minimum Gasteiger partial charge on any atom is -0.366 e. The number of nitrogens with zero attached hydrogens (tertiary/aromatic N) is 3. The molecule has 0 spiro atoms. The molecule has 1 aliphatic rings. The van der Waals surface area contributed by atoms with Gasteiger partial charge in [-0.05, 0) is 24.4 Å². The summed E-state index contributed by atoms with van der Waals surface area (Å²) in [5.74, 6) is 0.930. The quantitative estimate of drug-likeness (QED) is 0.706. The van der Waals surface area contributed by atoms with E-state index in [-0.39, 0.29) is 5.75 Å². The van der Waals surface area contributed by atoms with Crippen LogP contribution in [0.15, 0.2) is 24.4 Å². The molecule has 0 bridgehead atoms. The van der Waals surface area contributed by atoms with Gasteiger partial charge in [0.2, 0.25) is 10.0 Å². The molecule has 2 heterocycles. The largest absolute Gasteiger partial charge is 0.366 e. The summed E-state index contributed by atoms with van der Waals surface area (Å²) in [6.07, 6.45) is 1.74. The van der Waals surface area contributed by atoms with Gasteiger partial charge in [-0.2, -0.15) is 4.31 Å². The highest BCUT2D eigenvalue weighted by molar-refractivity contribution is 7.89. The molecule has 22 heavy (non-hydrogen) atoms. The number of hydrogen-bond acceptors (Lipinski definition) is 5. The zero-order valence-electron chi connectivity index (χ0n) is 12.5. The fourth-order valence-corrected chi connectivity index (χ4v) is 3.69. The molecule has 0 unspecified atom stereocenters. The zero-order valence-corrected chi connectivity index (χ0v) is 14.2. The monoisotopic (exact) mass is 343 g/mol. The predicted octanol–water partition coefficient (Wildman–Crippen LogP) is -0.373. The van der Waals surface area contributed by atoms with E-state index in [9.17, 15) is 8.42 Å². The van der Waals surface area contributed by atoms with Gasteiger partial charge in [0.15, 0.2) is 5.11 Å². The Morgan fingerprint density at radius 3 is 2.64 bits per heavy atom. The van der Waals surface area contributed by atoms with Gasteiger partial charge in [-0.3, -0.25) is 0 Å². The van der Waals surface area contributed by atoms with E-state index < -0.39 is 10.0 Å². The molecule has 1 fully saturated rings. The number of piperazine rings is 1. The van der Waals surface area contributed by atoms with E-state index in [1.165, 1.54) is 4.31 Å². The van der Waals surface area contributed by atoms with Crippen molar-refractivity contribution in [2.45, 2.75) is 0 Å². The zero-order chi connectivity index (χ0) is 16.0. The minimum atomic E-state index is -3.26. The second kappa shape index (κ2) is 7.70. The van der Waals surface area contributed by atoms with Crippen molar-refractivity contribution in [3.8, 4) is 0 Å². The van der Waals surface area contributed by atoms with Gasteiger partial charge in [-0.15, -0.1) is 0 Å². The van der Waals surface area contributed by atoms with Crippen LogP contribution >= 0.6 is 12.2 Å². The normalized spacial score (nSPS) is 16.3. The Labute approximate surface area is 136 Å². The van der Waals surface area contributed by atoms with Gasteiger partial charge in [0.05, 0.1) is 5.75 Å². The maximum atomic E-state index is 12.3. The van der Waals surface area contributed by atoms with Crippen LogP contribution in [0.25, 0.3) is 0 Å². The molecule has 1 saturated heterocycles. The van der Waals surface area contributed by atoms with Crippen molar-refractivity contribution in [3.63, 3.8) is 0 Å². The molecule has 0 atom stereocenters. The first-order valence-electron chi connectivity index (χ1n) is 7.12. The number of anilines is 1. The Morgan fingerprint density at radius 1 is 1.32 bits per heavy atom. The van der Waals surface area contributed by atoms with Gasteiger partial charge in [0.25, 0.3) is 0 Å². The number of sulfonamides is 1. The van der Waals surface area contributed by atoms with Gasteiger partial charge in [0.1, 0.15) is 5.82 Å². The fourth-order valence-electron chi connectivity index (χ4n) is 2.25. The first-order valence-corrected chi connectivity index (χ1v) is 9.14. The second-order valence-electron chi connectivity index (χ2n) is 4.90. The average molecular weight is 343 g/mol. The van der Waals surface area contributed by atoms with Crippen LogP contribution in [0.1, 0.15) is 0 Å². The van der Waals surface area contributed by atoms with E-state index in [1.54, 1.807) is 13.2 Å². The van der Waals surface area contributed by atoms with E-state index in [1.807, 2.05) is 18.2 Å². The van der Waals surface area contributed by atoms with Crippen molar-refractivity contribution >= 4 is 33.2 Å². The Kier molecular flexibility index (Phi) is 5.92. The Balaban J connectivity index is 1.84. The molecular formula is C13H21N5O2S2. The van der Waals surface area contributed by atoms with Crippen LogP contribution in [0.3, 0.4) is 0 Å². The smallest absolute Gasteiger partial charge is 0.215 e. The van der Waals surface area contributed by atoms with E-state index in [4.69, 9.17) is 12.2 Å². The number of hydrogen-bond donors (Lipinski definition) is 2. The molecular weight excluding hydrogens is 322 g/mol. The summed E-state index contributed by atoms with van der Waals surface area (Å²) in [7, 11) is -1.56. The van der Waals surface area contributed by atoms with Gasteiger partial charge in [-0.1, -0.05) is 6.07 Å². The van der Waals surface area contributed by atoms with E-state index in [0.29, 0.717) is 37.8 Å². The van der Waals surface area contributed by atoms with Crippen molar-refractivity contribution in [2.75, 3.05) is 50.4 Å². The molecule has 0 amide bonds. The standard InChI is InChI=1S/C13H21N5O2S2/c1-14-13(21)16-6-11-22(19,20)18-9-7-17(8-10-18)12-4-2-3-5-15-12/h2-5H,6-11H2,1H3,(H2,14,16,21). The van der Waals surface area contributed by atoms with Crippen LogP contribution in [0, 0.1) is 0 Å². The lowest BCUT2D eigenvalue weighted by Gasteiger charge is -2.34. The second-order valence-corrected chi connectivity index (χ2v) is 7.39. The maximum Gasteiger partial charge on any atom is 0.215 e. The molecule has 0 aromatic carbocycles. The van der Waals surface area contributed by atoms with E-state index >= 15 is 0 Å². The first kappa shape index (κ1) is 16.9. The Hall–Kier alpha value is -1.45. The van der Waals surface area contributed by atoms with E-state index in [0.717, 1.165) is 5.82 Å². The minimum absolute atomic E-state index is 0.0401. The van der Waals surface area contributed by atoms with Crippen LogP contribution in [-0.4, -0.2) is 68.3 Å². The third-order valence-electron chi connectivity index (χ3n) is 3.48. The fraction of sp³-hybridized carbons (Fsp3) is 0.538. The number of thiocarbonyl (C=S) groups is 1. The van der Waals surface area contributed by atoms with Gasteiger partial charge in [0, 0.05) is 46.0 Å². The van der Waals surface area contributed by atoms with Crippen LogP contribution in [0.2, 0.25) is 0 Å². The highest BCUT2D eigenvalue weighted by Crippen LogP contribution is 2.14. The summed E-state index contributed by atoms with van der Waals surface area (Å²) in [6.45, 7) is 2.57. The van der Waals surface area contributed by atoms with Crippen LogP contribution in [0.5, 0.6) is 0 Å². The molecule has 1 aromatic heterocycles. The summed E-state index contributed by atoms with van der Waals surface area (Å²) in [4.78, 5) is 6.39. The molecule has 1 aromatic rings. The molecule has 0 saturated carbocycles. The number of nitrogens with one attached hydrogen (secondary N) is 2. The van der Waals surface area contributed by atoms with Crippen molar-refractivity contribution in [2.24, 2.45) is 0 Å². The van der Waals surface area contributed by atoms with E-state index in [2.05, 4.69) is 20.5 Å². The molecule has 0 aliphatic carbocycles. The first-order chi connectivity index (χ1) is 10.5. The summed E-state index contributed by atoms with van der Waals surface area (Å²) in [5.41, 5.74) is 0. The Morgan fingerprint density at radius 2 is 2.05 bits per heavy atom. The summed E-state index contributed by atoms with van der Waals surface area (Å²) >= 11 is 4.93. The molecule has 1 aliphatic heterocycles. The molecule has 122 valence electrons. The van der Waals surface area contributed by atoms with Crippen LogP contribution in [-0.2, 0) is 10.0 Å². The van der Waals surface area contributed by atoms with Gasteiger partial charge in [-0.25, -0.2) is 13.4 Å². The summed E-state index contributed by atoms with van der Waals surface area (Å²) in [5, 5.41) is 6.06. The van der Waals surface area contributed by atoms with Gasteiger partial charge >= 0.3 is 0 Å². The molecule has 9 heteroatoms. The number of rotatable bonds is 5. The Bertz CT molecular complexity index is 586. The lowest BCUT2D eigenvalue weighted by molar-refractivity contribution is 0.384. The molecule has 2 N–H and O–H groups in total. The van der Waals surface area contributed by atoms with Crippen molar-refractivity contribution < 1.29 is 8.42 Å². The highest BCUT2D eigenvalue weighted by atomic mass is 32.2. The summed E-state index contributed by atoms with van der Waals surface area (Å²) in [6, 6.07) is 5.74. The lowest BCUT2D eigenvalue weighted by atomic mass is 10.3. The highest BCUT2D eigenvalue weighted by Gasteiger charge is 2.26. The summed E-state index contributed by atoms with van der Waals surface area (Å²) < 4.78 is 26.1. The molecule has 2 rings (SSSR count). The van der Waals surface area contributed by atoms with Crippen LogP contribution in [0.4, 0.5) is 5.82 Å². The number of pyridine rings is 1. The third-order valence-corrected chi connectivity index (χ3v) is 5.70. The van der Waals surface area contributed by atoms with Crippen molar-refractivity contribution in [1.82, 2.24) is 19.9 Å². The third kappa shape index (κ3) is 4.52. The topological polar surface area (TPSA) is 77.6 Å². The van der Waals surface area contributed by atoms with Crippen molar-refractivity contribution in [3.05, 3.63) is 24.4 Å². The maximum absolute atomic E-state index is 12.3. The number of aromatic nitrogens is 1. The van der Waals surface area contributed by atoms with Crippen LogP contribution < -0.4 is 15.5 Å². The molecule has 0 radical (unpaired) electrons. The van der Waals surface area contributed by atoms with Crippen molar-refractivity contribution in [1.29, 1.82) is 0 Å². The van der Waals surface area contributed by atoms with Gasteiger partial charge < -0.3 is 15.5 Å². The predicted molar refractivity (Wildman–Crippen MR) is 91.5 cm³/mol. The molecule has 7 nitrogen and oxygen atoms in total.